The fourth-order valence-corrected chi connectivity index (χ4v) is 6.85. The number of anilines is 1. The zero-order valence-corrected chi connectivity index (χ0v) is 19.1. The Morgan fingerprint density at radius 2 is 1.91 bits per heavy atom. The van der Waals surface area contributed by atoms with Crippen molar-refractivity contribution in [3.63, 3.8) is 0 Å². The molecule has 0 radical (unpaired) electrons. The van der Waals surface area contributed by atoms with Gasteiger partial charge >= 0.3 is 0 Å². The second-order valence-corrected chi connectivity index (χ2v) is 10.8. The molecule has 3 unspecified atom stereocenters. The van der Waals surface area contributed by atoms with Gasteiger partial charge in [0.25, 0.3) is 0 Å². The van der Waals surface area contributed by atoms with E-state index in [1.807, 2.05) is 24.3 Å². The molecule has 3 atom stereocenters. The molecule has 5 rings (SSSR count). The van der Waals surface area contributed by atoms with Crippen LogP contribution < -0.4 is 14.8 Å². The number of para-hydroxylation sites is 1. The third-order valence-corrected chi connectivity index (χ3v) is 8.67. The van der Waals surface area contributed by atoms with Gasteiger partial charge in [0, 0.05) is 23.2 Å². The maximum Gasteiger partial charge on any atom is 0.240 e. The maximum atomic E-state index is 13.1. The van der Waals surface area contributed by atoms with Gasteiger partial charge in [-0.3, -0.25) is 0 Å². The Morgan fingerprint density at radius 3 is 2.69 bits per heavy atom. The average Bonchev–Trinajstić information content (AvgIpc) is 3.29. The first kappa shape index (κ1) is 21.3. The van der Waals surface area contributed by atoms with Crippen LogP contribution in [0.15, 0.2) is 53.4 Å². The number of ether oxygens (including phenoxy) is 1. The van der Waals surface area contributed by atoms with Gasteiger partial charge in [-0.05, 0) is 55.0 Å². The Balaban J connectivity index is 1.47. The molecule has 170 valence electrons. The van der Waals surface area contributed by atoms with Gasteiger partial charge in [0.05, 0.1) is 18.0 Å². The summed E-state index contributed by atoms with van der Waals surface area (Å²) < 4.78 is 34.4. The molecule has 1 aliphatic heterocycles. The van der Waals surface area contributed by atoms with Crippen LogP contribution in [0, 0.1) is 5.92 Å². The van der Waals surface area contributed by atoms with E-state index in [0.29, 0.717) is 10.6 Å². The van der Waals surface area contributed by atoms with E-state index < -0.39 is 10.0 Å². The summed E-state index contributed by atoms with van der Waals surface area (Å²) in [4.78, 5) is 0.324. The highest BCUT2D eigenvalue weighted by molar-refractivity contribution is 7.89. The molecule has 2 aromatic rings. The van der Waals surface area contributed by atoms with Crippen LogP contribution >= 0.6 is 0 Å². The number of rotatable bonds is 5. The Kier molecular flexibility index (Phi) is 5.63. The van der Waals surface area contributed by atoms with Gasteiger partial charge in [0.2, 0.25) is 10.0 Å². The molecule has 7 heteroatoms. The first-order chi connectivity index (χ1) is 15.5. The van der Waals surface area contributed by atoms with E-state index in [4.69, 9.17) is 4.74 Å². The minimum absolute atomic E-state index is 0.0300. The lowest BCUT2D eigenvalue weighted by atomic mass is 9.77. The lowest BCUT2D eigenvalue weighted by Crippen LogP contribution is -2.36. The van der Waals surface area contributed by atoms with E-state index in [0.717, 1.165) is 48.9 Å². The number of fused-ring (bicyclic) bond motifs is 3. The highest BCUT2D eigenvalue weighted by Gasteiger charge is 2.39. The van der Waals surface area contributed by atoms with Gasteiger partial charge in [-0.1, -0.05) is 43.5 Å². The highest BCUT2D eigenvalue weighted by Crippen LogP contribution is 2.52. The van der Waals surface area contributed by atoms with Crippen LogP contribution in [0.4, 0.5) is 5.69 Å². The number of aromatic hydroxyl groups is 1. The number of phenols is 1. The second-order valence-electron chi connectivity index (χ2n) is 9.08. The molecule has 0 amide bonds. The normalized spacial score (nSPS) is 25.1. The zero-order valence-electron chi connectivity index (χ0n) is 18.3. The molecule has 2 aliphatic carbocycles. The van der Waals surface area contributed by atoms with Crippen LogP contribution in [0.1, 0.15) is 61.6 Å². The van der Waals surface area contributed by atoms with Crippen molar-refractivity contribution in [3.8, 4) is 11.5 Å². The topological polar surface area (TPSA) is 87.7 Å². The predicted octanol–water partition coefficient (Wildman–Crippen LogP) is 4.84. The van der Waals surface area contributed by atoms with E-state index in [-0.39, 0.29) is 29.7 Å². The predicted molar refractivity (Wildman–Crippen MR) is 125 cm³/mol. The number of phenolic OH excluding ortho intramolecular Hbond substituents is 1. The van der Waals surface area contributed by atoms with E-state index in [2.05, 4.69) is 22.2 Å². The summed E-state index contributed by atoms with van der Waals surface area (Å²) in [5.74, 6) is 0.877. The van der Waals surface area contributed by atoms with Crippen LogP contribution in [-0.4, -0.2) is 26.7 Å². The smallest absolute Gasteiger partial charge is 0.240 e. The van der Waals surface area contributed by atoms with Crippen molar-refractivity contribution in [3.05, 3.63) is 59.7 Å². The fourth-order valence-electron chi connectivity index (χ4n) is 5.51. The number of methoxy groups -OCH3 is 1. The molecular formula is C25H30N2O4S. The molecule has 2 aromatic carbocycles. The van der Waals surface area contributed by atoms with Crippen LogP contribution in [0.2, 0.25) is 0 Å². The van der Waals surface area contributed by atoms with Crippen LogP contribution in [0.5, 0.6) is 11.5 Å². The number of hydrogen-bond acceptors (Lipinski definition) is 5. The summed E-state index contributed by atoms with van der Waals surface area (Å²) >= 11 is 0. The molecule has 0 bridgehead atoms. The van der Waals surface area contributed by atoms with Gasteiger partial charge in [0.15, 0.2) is 11.5 Å². The van der Waals surface area contributed by atoms with Crippen LogP contribution in [-0.2, 0) is 10.0 Å². The molecule has 3 aliphatic rings. The van der Waals surface area contributed by atoms with E-state index >= 15 is 0 Å². The highest BCUT2D eigenvalue weighted by atomic mass is 32.2. The number of hydrogen-bond donors (Lipinski definition) is 3. The number of benzene rings is 2. The Labute approximate surface area is 189 Å². The summed E-state index contributed by atoms with van der Waals surface area (Å²) in [7, 11) is -2.01. The first-order valence-corrected chi connectivity index (χ1v) is 12.9. The zero-order chi connectivity index (χ0) is 22.3. The van der Waals surface area contributed by atoms with Gasteiger partial charge < -0.3 is 15.2 Å². The molecule has 1 fully saturated rings. The minimum atomic E-state index is -3.56. The summed E-state index contributed by atoms with van der Waals surface area (Å²) in [5.41, 5.74) is 2.69. The molecule has 3 N–H and O–H groups in total. The average molecular weight is 455 g/mol. The van der Waals surface area contributed by atoms with Crippen molar-refractivity contribution in [1.82, 2.24) is 4.72 Å². The lowest BCUT2D eigenvalue weighted by molar-refractivity contribution is 0.358. The van der Waals surface area contributed by atoms with E-state index in [1.54, 1.807) is 19.2 Å². The Bertz CT molecular complexity index is 1140. The van der Waals surface area contributed by atoms with Gasteiger partial charge in [-0.25, -0.2) is 13.1 Å². The first-order valence-electron chi connectivity index (χ1n) is 11.4. The quantitative estimate of drug-likeness (QED) is 0.563. The summed E-state index contributed by atoms with van der Waals surface area (Å²) in [5, 5.41) is 14.3. The lowest BCUT2D eigenvalue weighted by Gasteiger charge is -2.38. The third-order valence-electron chi connectivity index (χ3n) is 7.16. The van der Waals surface area contributed by atoms with Crippen LogP contribution in [0.25, 0.3) is 0 Å². The summed E-state index contributed by atoms with van der Waals surface area (Å²) in [6.07, 6.45) is 10.3. The minimum Gasteiger partial charge on any atom is -0.504 e. The molecule has 1 heterocycles. The molecule has 1 saturated carbocycles. The summed E-state index contributed by atoms with van der Waals surface area (Å²) in [6.45, 7) is 0. The van der Waals surface area contributed by atoms with Crippen LogP contribution in [0.3, 0.4) is 0 Å². The van der Waals surface area contributed by atoms with Crippen molar-refractivity contribution in [2.24, 2.45) is 5.92 Å². The molecule has 0 spiro atoms. The standard InChI is InChI=1S/C25H30N2O4S/c1-31-23-12-6-11-20(25(23)28)24-19-10-5-9-18(19)21-15-17(13-14-22(21)26-24)32(29,30)27-16-7-3-2-4-8-16/h5-6,9,11-16,18-19,24,26-28H,2-4,7-8,10H2,1H3. The monoisotopic (exact) mass is 454 g/mol. The Hall–Kier alpha value is -2.51. The Morgan fingerprint density at radius 1 is 1.09 bits per heavy atom. The SMILES string of the molecule is COc1cccc(C2Nc3ccc(S(=O)(=O)NC4CCCCC4)cc3C3C=CCC32)c1O. The maximum absolute atomic E-state index is 13.1. The molecule has 0 saturated heterocycles. The van der Waals surface area contributed by atoms with Crippen molar-refractivity contribution in [2.75, 3.05) is 12.4 Å². The number of nitrogens with one attached hydrogen (secondary N) is 2. The van der Waals surface area contributed by atoms with Gasteiger partial charge in [-0.15, -0.1) is 0 Å². The molecule has 0 aromatic heterocycles. The van der Waals surface area contributed by atoms with Gasteiger partial charge in [-0.2, -0.15) is 0 Å². The van der Waals surface area contributed by atoms with E-state index in [1.165, 1.54) is 6.42 Å². The summed E-state index contributed by atoms with van der Waals surface area (Å²) in [6, 6.07) is 10.8. The molecule has 6 nitrogen and oxygen atoms in total. The molecule has 32 heavy (non-hydrogen) atoms. The largest absolute Gasteiger partial charge is 0.504 e. The fraction of sp³-hybridized carbons (Fsp3) is 0.440. The number of sulfonamides is 1. The van der Waals surface area contributed by atoms with Crippen molar-refractivity contribution >= 4 is 15.7 Å². The van der Waals surface area contributed by atoms with Crippen molar-refractivity contribution < 1.29 is 18.3 Å². The van der Waals surface area contributed by atoms with E-state index in [9.17, 15) is 13.5 Å². The number of allylic oxidation sites excluding steroid dienone is 2. The van der Waals surface area contributed by atoms with Crippen molar-refractivity contribution in [2.45, 2.75) is 61.4 Å². The molecular weight excluding hydrogens is 424 g/mol. The van der Waals surface area contributed by atoms with Crippen molar-refractivity contribution in [1.29, 1.82) is 0 Å². The third kappa shape index (κ3) is 3.77. The van der Waals surface area contributed by atoms with Gasteiger partial charge in [0.1, 0.15) is 0 Å². The second kappa shape index (κ2) is 8.45.